The number of rotatable bonds is 9. The first-order valence-corrected chi connectivity index (χ1v) is 6.88. The van der Waals surface area contributed by atoms with Crippen LogP contribution in [0.15, 0.2) is 47.4 Å². The van der Waals surface area contributed by atoms with Crippen LogP contribution in [0.4, 0.5) is 0 Å². The van der Waals surface area contributed by atoms with E-state index >= 15 is 0 Å². The lowest BCUT2D eigenvalue weighted by atomic mass is 10.4. The summed E-state index contributed by atoms with van der Waals surface area (Å²) >= 11 is 1.87. The molecular formula is C14H21NOS. The summed E-state index contributed by atoms with van der Waals surface area (Å²) in [4.78, 5) is 1.33. The van der Waals surface area contributed by atoms with Crippen molar-refractivity contribution >= 4 is 11.8 Å². The smallest absolute Gasteiger partial charge is 0.0672 e. The Hall–Kier alpha value is -0.770. The van der Waals surface area contributed by atoms with Crippen molar-refractivity contribution in [2.24, 2.45) is 0 Å². The van der Waals surface area contributed by atoms with E-state index in [0.29, 0.717) is 6.61 Å². The molecule has 0 aliphatic heterocycles. The molecule has 0 unspecified atom stereocenters. The number of thioether (sulfide) groups is 1. The van der Waals surface area contributed by atoms with Crippen LogP contribution in [0, 0.1) is 0 Å². The summed E-state index contributed by atoms with van der Waals surface area (Å²) in [6.45, 7) is 9.10. The molecule has 0 aromatic heterocycles. The molecule has 0 saturated heterocycles. The van der Waals surface area contributed by atoms with Crippen LogP contribution in [-0.2, 0) is 4.74 Å². The van der Waals surface area contributed by atoms with Gasteiger partial charge >= 0.3 is 0 Å². The summed E-state index contributed by atoms with van der Waals surface area (Å²) in [5, 5.41) is 3.35. The number of benzene rings is 1. The Morgan fingerprint density at radius 1 is 1.29 bits per heavy atom. The first-order valence-electron chi connectivity index (χ1n) is 5.90. The average Bonchev–Trinajstić information content (AvgIpc) is 2.33. The van der Waals surface area contributed by atoms with Crippen molar-refractivity contribution in [3.05, 3.63) is 42.5 Å². The summed E-state index contributed by atoms with van der Waals surface area (Å²) in [6.07, 6.45) is 0. The third-order valence-corrected chi connectivity index (χ3v) is 3.08. The maximum Gasteiger partial charge on any atom is 0.0672 e. The molecule has 17 heavy (non-hydrogen) atoms. The molecule has 1 aromatic rings. The highest BCUT2D eigenvalue weighted by atomic mass is 32.2. The lowest BCUT2D eigenvalue weighted by Gasteiger charge is -2.06. The summed E-state index contributed by atoms with van der Waals surface area (Å²) in [6, 6.07) is 10.5. The van der Waals surface area contributed by atoms with Gasteiger partial charge in [0.1, 0.15) is 0 Å². The maximum absolute atomic E-state index is 5.39. The van der Waals surface area contributed by atoms with E-state index in [1.807, 2.05) is 24.8 Å². The van der Waals surface area contributed by atoms with Crippen molar-refractivity contribution in [2.75, 3.05) is 32.1 Å². The first-order chi connectivity index (χ1) is 8.29. The monoisotopic (exact) mass is 251 g/mol. The van der Waals surface area contributed by atoms with E-state index in [4.69, 9.17) is 4.74 Å². The molecular weight excluding hydrogens is 230 g/mol. The average molecular weight is 251 g/mol. The number of nitrogens with one attached hydrogen (secondary N) is 1. The van der Waals surface area contributed by atoms with Gasteiger partial charge in [-0.3, -0.25) is 0 Å². The van der Waals surface area contributed by atoms with Gasteiger partial charge in [0.25, 0.3) is 0 Å². The quantitative estimate of drug-likeness (QED) is 0.414. The fourth-order valence-electron chi connectivity index (χ4n) is 1.27. The molecule has 0 bridgehead atoms. The highest BCUT2D eigenvalue weighted by Crippen LogP contribution is 2.15. The number of hydrogen-bond donors (Lipinski definition) is 1. The highest BCUT2D eigenvalue weighted by molar-refractivity contribution is 7.99. The van der Waals surface area contributed by atoms with E-state index in [2.05, 4.69) is 36.2 Å². The number of hydrogen-bond acceptors (Lipinski definition) is 3. The number of ether oxygens (including phenoxy) is 1. The molecule has 0 heterocycles. The van der Waals surface area contributed by atoms with Crippen LogP contribution in [0.2, 0.25) is 0 Å². The van der Waals surface area contributed by atoms with Gasteiger partial charge in [0.05, 0.1) is 13.2 Å². The van der Waals surface area contributed by atoms with Crippen molar-refractivity contribution in [3.8, 4) is 0 Å². The molecule has 0 atom stereocenters. The SMILES string of the molecule is C=C(C)COCCNCCSc1ccccc1. The molecule has 1 aromatic carbocycles. The molecule has 2 nitrogen and oxygen atoms in total. The second kappa shape index (κ2) is 9.28. The van der Waals surface area contributed by atoms with Gasteiger partial charge in [-0.2, -0.15) is 0 Å². The minimum atomic E-state index is 0.667. The van der Waals surface area contributed by atoms with Gasteiger partial charge in [-0.05, 0) is 19.1 Å². The van der Waals surface area contributed by atoms with Crippen molar-refractivity contribution in [2.45, 2.75) is 11.8 Å². The van der Waals surface area contributed by atoms with Crippen LogP contribution in [0.3, 0.4) is 0 Å². The molecule has 0 amide bonds. The molecule has 0 radical (unpaired) electrons. The van der Waals surface area contributed by atoms with Gasteiger partial charge in [-0.15, -0.1) is 11.8 Å². The van der Waals surface area contributed by atoms with E-state index in [0.717, 1.165) is 31.0 Å². The molecule has 0 fully saturated rings. The van der Waals surface area contributed by atoms with Crippen LogP contribution < -0.4 is 5.32 Å². The van der Waals surface area contributed by atoms with Crippen LogP contribution in [0.1, 0.15) is 6.92 Å². The van der Waals surface area contributed by atoms with E-state index in [9.17, 15) is 0 Å². The van der Waals surface area contributed by atoms with Crippen molar-refractivity contribution in [1.29, 1.82) is 0 Å². The van der Waals surface area contributed by atoms with Crippen LogP contribution in [0.25, 0.3) is 0 Å². The van der Waals surface area contributed by atoms with Gasteiger partial charge in [0.2, 0.25) is 0 Å². The maximum atomic E-state index is 5.39. The molecule has 94 valence electrons. The third-order valence-electron chi connectivity index (χ3n) is 2.06. The fourth-order valence-corrected chi connectivity index (χ4v) is 2.11. The first kappa shape index (κ1) is 14.3. The second-order valence-corrected chi connectivity index (χ2v) is 5.09. The zero-order chi connectivity index (χ0) is 12.3. The lowest BCUT2D eigenvalue weighted by Crippen LogP contribution is -2.22. The van der Waals surface area contributed by atoms with Crippen LogP contribution in [0.5, 0.6) is 0 Å². The zero-order valence-corrected chi connectivity index (χ0v) is 11.3. The fraction of sp³-hybridized carbons (Fsp3) is 0.429. The van der Waals surface area contributed by atoms with Gasteiger partial charge in [-0.25, -0.2) is 0 Å². The van der Waals surface area contributed by atoms with Gasteiger partial charge in [0.15, 0.2) is 0 Å². The summed E-state index contributed by atoms with van der Waals surface area (Å²) < 4.78 is 5.39. The minimum Gasteiger partial charge on any atom is -0.376 e. The topological polar surface area (TPSA) is 21.3 Å². The highest BCUT2D eigenvalue weighted by Gasteiger charge is 1.92. The third kappa shape index (κ3) is 8.02. The lowest BCUT2D eigenvalue weighted by molar-refractivity contribution is 0.158. The predicted molar refractivity (Wildman–Crippen MR) is 75.7 cm³/mol. The molecule has 0 saturated carbocycles. The Labute approximate surface area is 108 Å². The van der Waals surface area contributed by atoms with E-state index in [-0.39, 0.29) is 0 Å². The van der Waals surface area contributed by atoms with Crippen molar-refractivity contribution < 1.29 is 4.74 Å². The zero-order valence-electron chi connectivity index (χ0n) is 10.4. The van der Waals surface area contributed by atoms with E-state index < -0.39 is 0 Å². The Morgan fingerprint density at radius 3 is 2.76 bits per heavy atom. The Bertz CT molecular complexity index is 313. The van der Waals surface area contributed by atoms with E-state index in [1.165, 1.54) is 4.90 Å². The molecule has 1 rings (SSSR count). The Balaban J connectivity index is 1.90. The second-order valence-electron chi connectivity index (χ2n) is 3.92. The molecule has 0 aliphatic carbocycles. The van der Waals surface area contributed by atoms with Crippen LogP contribution in [-0.4, -0.2) is 32.1 Å². The Kier molecular flexibility index (Phi) is 7.80. The van der Waals surface area contributed by atoms with Crippen molar-refractivity contribution in [3.63, 3.8) is 0 Å². The summed E-state index contributed by atoms with van der Waals surface area (Å²) in [5.41, 5.74) is 1.07. The predicted octanol–water partition coefficient (Wildman–Crippen LogP) is 2.96. The normalized spacial score (nSPS) is 10.4. The Morgan fingerprint density at radius 2 is 2.06 bits per heavy atom. The van der Waals surface area contributed by atoms with Crippen molar-refractivity contribution in [1.82, 2.24) is 5.32 Å². The standard InChI is InChI=1S/C14H21NOS/c1-13(2)12-16-10-8-15-9-11-17-14-6-4-3-5-7-14/h3-7,15H,1,8-12H2,2H3. The van der Waals surface area contributed by atoms with E-state index in [1.54, 1.807) is 0 Å². The van der Waals surface area contributed by atoms with Crippen LogP contribution >= 0.6 is 11.8 Å². The molecule has 3 heteroatoms. The minimum absolute atomic E-state index is 0.667. The van der Waals surface area contributed by atoms with Gasteiger partial charge in [-0.1, -0.05) is 30.4 Å². The van der Waals surface area contributed by atoms with Gasteiger partial charge < -0.3 is 10.1 Å². The molecule has 0 aliphatic rings. The molecule has 0 spiro atoms. The largest absolute Gasteiger partial charge is 0.376 e. The van der Waals surface area contributed by atoms with Gasteiger partial charge in [0, 0.05) is 23.7 Å². The summed E-state index contributed by atoms with van der Waals surface area (Å²) in [7, 11) is 0. The summed E-state index contributed by atoms with van der Waals surface area (Å²) in [5.74, 6) is 1.09. The molecule has 1 N–H and O–H groups in total.